The molecule has 0 spiro atoms. The molecule has 1 aliphatic rings. The SMILES string of the molecule is N=C1C(N)C1CN. The molecule has 0 bridgehead atoms. The summed E-state index contributed by atoms with van der Waals surface area (Å²) in [6, 6.07) is -0.00926. The van der Waals surface area contributed by atoms with Gasteiger partial charge in [-0.1, -0.05) is 0 Å². The van der Waals surface area contributed by atoms with E-state index in [2.05, 4.69) is 0 Å². The molecule has 3 nitrogen and oxygen atoms in total. The van der Waals surface area contributed by atoms with Crippen molar-refractivity contribution in [2.45, 2.75) is 6.04 Å². The maximum absolute atomic E-state index is 6.97. The summed E-state index contributed by atoms with van der Waals surface area (Å²) in [7, 11) is 0. The minimum absolute atomic E-state index is 0.00926. The Morgan fingerprint density at radius 3 is 2.14 bits per heavy atom. The van der Waals surface area contributed by atoms with Crippen LogP contribution in [0, 0.1) is 11.3 Å². The van der Waals surface area contributed by atoms with Crippen LogP contribution in [0.15, 0.2) is 0 Å². The third kappa shape index (κ3) is 0.536. The molecule has 1 aliphatic carbocycles. The summed E-state index contributed by atoms with van der Waals surface area (Å²) in [5, 5.41) is 6.97. The highest BCUT2D eigenvalue weighted by Gasteiger charge is 2.40. The summed E-state index contributed by atoms with van der Waals surface area (Å²) < 4.78 is 0. The van der Waals surface area contributed by atoms with Gasteiger partial charge in [0.15, 0.2) is 0 Å². The van der Waals surface area contributed by atoms with Gasteiger partial charge in [0, 0.05) is 18.2 Å². The molecule has 0 heterocycles. The largest absolute Gasteiger partial charge is 0.330 e. The van der Waals surface area contributed by atoms with E-state index in [1.807, 2.05) is 0 Å². The number of hydrogen-bond acceptors (Lipinski definition) is 3. The molecule has 0 amide bonds. The molecular weight excluding hydrogens is 90.1 g/mol. The summed E-state index contributed by atoms with van der Waals surface area (Å²) in [5.41, 5.74) is 11.1. The molecule has 0 aromatic rings. The third-order valence-corrected chi connectivity index (χ3v) is 1.34. The van der Waals surface area contributed by atoms with Crippen LogP contribution in [-0.2, 0) is 0 Å². The van der Waals surface area contributed by atoms with Gasteiger partial charge in [-0.25, -0.2) is 0 Å². The summed E-state index contributed by atoms with van der Waals surface area (Å²) in [6.45, 7) is 0.542. The zero-order valence-corrected chi connectivity index (χ0v) is 4.02. The summed E-state index contributed by atoms with van der Waals surface area (Å²) in [6.07, 6.45) is 0. The van der Waals surface area contributed by atoms with Crippen molar-refractivity contribution in [3.63, 3.8) is 0 Å². The van der Waals surface area contributed by atoms with Gasteiger partial charge in [0.2, 0.25) is 0 Å². The zero-order valence-electron chi connectivity index (χ0n) is 4.02. The Morgan fingerprint density at radius 2 is 2.14 bits per heavy atom. The fourth-order valence-electron chi connectivity index (χ4n) is 0.614. The number of rotatable bonds is 1. The fraction of sp³-hybridized carbons (Fsp3) is 0.750. The average molecular weight is 99.1 g/mol. The monoisotopic (exact) mass is 99.1 g/mol. The Balaban J connectivity index is 2.38. The van der Waals surface area contributed by atoms with Gasteiger partial charge in [-0.2, -0.15) is 0 Å². The first-order valence-corrected chi connectivity index (χ1v) is 2.31. The maximum atomic E-state index is 6.97. The van der Waals surface area contributed by atoms with Crippen LogP contribution in [0.25, 0.3) is 0 Å². The summed E-state index contributed by atoms with van der Waals surface area (Å²) in [5.74, 6) is 0.208. The fourth-order valence-corrected chi connectivity index (χ4v) is 0.614. The van der Waals surface area contributed by atoms with Crippen molar-refractivity contribution in [2.24, 2.45) is 17.4 Å². The van der Waals surface area contributed by atoms with Crippen LogP contribution >= 0.6 is 0 Å². The van der Waals surface area contributed by atoms with Crippen LogP contribution in [0.3, 0.4) is 0 Å². The minimum Gasteiger partial charge on any atom is -0.330 e. The maximum Gasteiger partial charge on any atom is 0.0521 e. The highest BCUT2D eigenvalue weighted by Crippen LogP contribution is 2.20. The second kappa shape index (κ2) is 1.28. The molecule has 0 radical (unpaired) electrons. The van der Waals surface area contributed by atoms with Gasteiger partial charge in [-0.05, 0) is 0 Å². The Kier molecular flexibility index (Phi) is 0.867. The molecule has 2 unspecified atom stereocenters. The van der Waals surface area contributed by atoms with E-state index in [4.69, 9.17) is 16.9 Å². The molecule has 0 aromatic heterocycles. The van der Waals surface area contributed by atoms with E-state index < -0.39 is 0 Å². The Morgan fingerprint density at radius 1 is 1.71 bits per heavy atom. The molecule has 0 saturated heterocycles. The lowest BCUT2D eigenvalue weighted by Crippen LogP contribution is -2.09. The Labute approximate surface area is 42.2 Å². The highest BCUT2D eigenvalue weighted by atomic mass is 14.8. The van der Waals surface area contributed by atoms with Crippen molar-refractivity contribution in [3.05, 3.63) is 0 Å². The van der Waals surface area contributed by atoms with Crippen LogP contribution in [0.1, 0.15) is 0 Å². The summed E-state index contributed by atoms with van der Waals surface area (Å²) >= 11 is 0. The van der Waals surface area contributed by atoms with Crippen molar-refractivity contribution in [1.82, 2.24) is 0 Å². The van der Waals surface area contributed by atoms with Crippen LogP contribution in [0.5, 0.6) is 0 Å². The molecule has 1 rings (SSSR count). The van der Waals surface area contributed by atoms with E-state index in [0.29, 0.717) is 12.3 Å². The quantitative estimate of drug-likeness (QED) is 0.391. The summed E-state index contributed by atoms with van der Waals surface area (Å²) in [4.78, 5) is 0. The van der Waals surface area contributed by atoms with Gasteiger partial charge < -0.3 is 16.9 Å². The second-order valence-electron chi connectivity index (χ2n) is 1.82. The third-order valence-electron chi connectivity index (χ3n) is 1.34. The van der Waals surface area contributed by atoms with Crippen LogP contribution < -0.4 is 11.5 Å². The molecule has 0 aromatic carbocycles. The predicted octanol–water partition coefficient (Wildman–Crippen LogP) is -1.08. The van der Waals surface area contributed by atoms with E-state index in [1.165, 1.54) is 0 Å². The molecule has 2 atom stereocenters. The van der Waals surface area contributed by atoms with Crippen molar-refractivity contribution < 1.29 is 0 Å². The normalized spacial score (nSPS) is 38.9. The lowest BCUT2D eigenvalue weighted by Gasteiger charge is -1.78. The van der Waals surface area contributed by atoms with Gasteiger partial charge >= 0.3 is 0 Å². The van der Waals surface area contributed by atoms with Crippen molar-refractivity contribution in [3.8, 4) is 0 Å². The van der Waals surface area contributed by atoms with E-state index in [0.717, 1.165) is 0 Å². The molecule has 40 valence electrons. The molecule has 0 aliphatic heterocycles. The number of hydrogen-bond donors (Lipinski definition) is 3. The lowest BCUT2D eigenvalue weighted by atomic mass is 10.4. The number of nitrogens with two attached hydrogens (primary N) is 2. The van der Waals surface area contributed by atoms with Crippen molar-refractivity contribution in [2.75, 3.05) is 6.54 Å². The second-order valence-corrected chi connectivity index (χ2v) is 1.82. The smallest absolute Gasteiger partial charge is 0.0521 e. The molecule has 7 heavy (non-hydrogen) atoms. The van der Waals surface area contributed by atoms with Crippen LogP contribution in [0.2, 0.25) is 0 Å². The average Bonchev–Trinajstić information content (AvgIpc) is 2.17. The number of nitrogens with one attached hydrogen (secondary N) is 1. The Bertz CT molecular complexity index is 99.1. The first-order valence-electron chi connectivity index (χ1n) is 2.31. The van der Waals surface area contributed by atoms with Gasteiger partial charge in [-0.15, -0.1) is 0 Å². The molecule has 1 fully saturated rings. The topological polar surface area (TPSA) is 75.9 Å². The van der Waals surface area contributed by atoms with Crippen molar-refractivity contribution >= 4 is 5.71 Å². The van der Waals surface area contributed by atoms with E-state index in [-0.39, 0.29) is 12.0 Å². The van der Waals surface area contributed by atoms with Crippen LogP contribution in [-0.4, -0.2) is 18.3 Å². The van der Waals surface area contributed by atoms with E-state index in [9.17, 15) is 0 Å². The van der Waals surface area contributed by atoms with Gasteiger partial charge in [-0.3, -0.25) is 0 Å². The van der Waals surface area contributed by atoms with Gasteiger partial charge in [0.25, 0.3) is 0 Å². The van der Waals surface area contributed by atoms with E-state index >= 15 is 0 Å². The van der Waals surface area contributed by atoms with Crippen LogP contribution in [0.4, 0.5) is 0 Å². The molecule has 3 heteroatoms. The lowest BCUT2D eigenvalue weighted by molar-refractivity contribution is 0.811. The van der Waals surface area contributed by atoms with Gasteiger partial charge in [0.1, 0.15) is 0 Å². The first kappa shape index (κ1) is 4.74. The zero-order chi connectivity index (χ0) is 5.44. The highest BCUT2D eigenvalue weighted by molar-refractivity contribution is 6.05. The molecule has 5 N–H and O–H groups in total. The first-order chi connectivity index (χ1) is 3.27. The van der Waals surface area contributed by atoms with E-state index in [1.54, 1.807) is 0 Å². The van der Waals surface area contributed by atoms with Gasteiger partial charge in [0.05, 0.1) is 6.04 Å². The molecular formula is C4H9N3. The standard InChI is InChI=1S/C4H9N3/c5-1-2-3(6)4(2)7/h2-3,7H,1,5-6H2. The molecule has 1 saturated carbocycles. The van der Waals surface area contributed by atoms with Crippen molar-refractivity contribution in [1.29, 1.82) is 5.41 Å². The Hall–Kier alpha value is -0.410. The minimum atomic E-state index is -0.00926. The predicted molar refractivity (Wildman–Crippen MR) is 28.2 cm³/mol.